The average molecular weight is 341 g/mol. The van der Waals surface area contributed by atoms with E-state index in [0.717, 1.165) is 27.9 Å². The third kappa shape index (κ3) is 4.12. The minimum absolute atomic E-state index is 0.247. The number of nitrogens with zero attached hydrogens (tertiary/aromatic N) is 1. The highest BCUT2D eigenvalue weighted by molar-refractivity contribution is 5.88. The van der Waals surface area contributed by atoms with Crippen molar-refractivity contribution in [3.63, 3.8) is 0 Å². The van der Waals surface area contributed by atoms with Gasteiger partial charge in [-0.1, -0.05) is 60.5 Å². The van der Waals surface area contributed by atoms with Crippen molar-refractivity contribution in [2.45, 2.75) is 6.61 Å². The fraction of sp³-hybridized carbons (Fsp3) is 0.0870. The molecule has 0 aliphatic rings. The lowest BCUT2D eigenvalue weighted by atomic mass is 10.0. The van der Waals surface area contributed by atoms with E-state index in [1.807, 2.05) is 78.9 Å². The van der Waals surface area contributed by atoms with Gasteiger partial charge in [0, 0.05) is 18.3 Å². The number of rotatable bonds is 4. The highest BCUT2D eigenvalue weighted by Gasteiger charge is 2.13. The topological polar surface area (TPSA) is 29.5 Å². The number of hydrogen-bond acceptors (Lipinski definition) is 2. The first-order chi connectivity index (χ1) is 12.7. The Bertz CT molecular complexity index is 924. The highest BCUT2D eigenvalue weighted by atomic mass is 16.6. The first-order valence-electron chi connectivity index (χ1n) is 8.29. The first kappa shape index (κ1) is 17.3. The van der Waals surface area contributed by atoms with E-state index in [1.54, 1.807) is 7.05 Å². The number of terminal acetylenes is 1. The van der Waals surface area contributed by atoms with Crippen molar-refractivity contribution in [3.8, 4) is 23.5 Å². The summed E-state index contributed by atoms with van der Waals surface area (Å²) in [4.78, 5) is 13.8. The summed E-state index contributed by atoms with van der Waals surface area (Å²) in [5, 5.41) is 0. The molecule has 0 aromatic heterocycles. The number of hydrogen-bond donors (Lipinski definition) is 0. The second-order valence-electron chi connectivity index (χ2n) is 5.87. The molecular weight excluding hydrogens is 322 g/mol. The van der Waals surface area contributed by atoms with Gasteiger partial charge in [0.1, 0.15) is 6.61 Å². The predicted molar refractivity (Wildman–Crippen MR) is 105 cm³/mol. The molecular formula is C23H19NO2. The van der Waals surface area contributed by atoms with Crippen LogP contribution in [0.3, 0.4) is 0 Å². The van der Waals surface area contributed by atoms with Crippen molar-refractivity contribution >= 4 is 11.8 Å². The van der Waals surface area contributed by atoms with Crippen LogP contribution in [-0.4, -0.2) is 13.1 Å². The van der Waals surface area contributed by atoms with Crippen molar-refractivity contribution in [1.82, 2.24) is 0 Å². The number of carbonyl (C=O) groups is 1. The fourth-order valence-electron chi connectivity index (χ4n) is 2.57. The van der Waals surface area contributed by atoms with Crippen LogP contribution in [0.25, 0.3) is 11.1 Å². The lowest BCUT2D eigenvalue weighted by Gasteiger charge is -2.18. The molecule has 3 aromatic carbocycles. The quantitative estimate of drug-likeness (QED) is 0.617. The zero-order valence-corrected chi connectivity index (χ0v) is 14.6. The third-order valence-corrected chi connectivity index (χ3v) is 4.10. The third-order valence-electron chi connectivity index (χ3n) is 4.10. The lowest BCUT2D eigenvalue weighted by Crippen LogP contribution is -2.26. The van der Waals surface area contributed by atoms with Crippen molar-refractivity contribution in [2.24, 2.45) is 0 Å². The maximum absolute atomic E-state index is 12.3. The van der Waals surface area contributed by atoms with E-state index >= 15 is 0 Å². The minimum Gasteiger partial charge on any atom is -0.444 e. The van der Waals surface area contributed by atoms with Crippen molar-refractivity contribution < 1.29 is 9.53 Å². The molecule has 0 spiro atoms. The van der Waals surface area contributed by atoms with Crippen LogP contribution in [0.2, 0.25) is 0 Å². The molecule has 3 heteroatoms. The Kier molecular flexibility index (Phi) is 5.36. The molecule has 0 aliphatic heterocycles. The summed E-state index contributed by atoms with van der Waals surface area (Å²) in [5.41, 5.74) is 4.61. The lowest BCUT2D eigenvalue weighted by molar-refractivity contribution is 0.148. The maximum Gasteiger partial charge on any atom is 0.414 e. The molecule has 0 radical (unpaired) electrons. The molecule has 128 valence electrons. The molecule has 3 rings (SSSR count). The van der Waals surface area contributed by atoms with Gasteiger partial charge in [0.2, 0.25) is 0 Å². The first-order valence-corrected chi connectivity index (χ1v) is 8.29. The molecule has 0 saturated carbocycles. The Labute approximate surface area is 153 Å². The SMILES string of the molecule is C#Cc1ccc(-c2cccc(N(C)C(=O)OCc3ccccc3)c2)cc1. The van der Waals surface area contributed by atoms with E-state index in [0.29, 0.717) is 0 Å². The van der Waals surface area contributed by atoms with Crippen LogP contribution >= 0.6 is 0 Å². The average Bonchev–Trinajstić information content (AvgIpc) is 2.72. The Morgan fingerprint density at radius 2 is 1.69 bits per heavy atom. The van der Waals surface area contributed by atoms with Crippen molar-refractivity contribution in [3.05, 3.63) is 90.0 Å². The Balaban J connectivity index is 1.72. The van der Waals surface area contributed by atoms with E-state index in [-0.39, 0.29) is 6.61 Å². The van der Waals surface area contributed by atoms with Gasteiger partial charge < -0.3 is 4.74 Å². The standard InChI is InChI=1S/C23H19NO2/c1-3-18-12-14-20(15-13-18)21-10-7-11-22(16-21)24(2)23(25)26-17-19-8-5-4-6-9-19/h1,4-16H,17H2,2H3. The summed E-state index contributed by atoms with van der Waals surface area (Å²) >= 11 is 0. The van der Waals surface area contributed by atoms with Crippen LogP contribution in [0.4, 0.5) is 10.5 Å². The summed E-state index contributed by atoms with van der Waals surface area (Å²) < 4.78 is 5.38. The molecule has 0 atom stereocenters. The number of benzene rings is 3. The smallest absolute Gasteiger partial charge is 0.414 e. The molecule has 0 bridgehead atoms. The van der Waals surface area contributed by atoms with Gasteiger partial charge in [-0.15, -0.1) is 6.42 Å². The van der Waals surface area contributed by atoms with E-state index in [1.165, 1.54) is 4.90 Å². The second-order valence-corrected chi connectivity index (χ2v) is 5.87. The summed E-state index contributed by atoms with van der Waals surface area (Å²) in [6.45, 7) is 0.247. The largest absolute Gasteiger partial charge is 0.444 e. The van der Waals surface area contributed by atoms with Gasteiger partial charge in [-0.3, -0.25) is 4.90 Å². The van der Waals surface area contributed by atoms with E-state index in [2.05, 4.69) is 5.92 Å². The van der Waals surface area contributed by atoms with Gasteiger partial charge in [-0.2, -0.15) is 0 Å². The van der Waals surface area contributed by atoms with Gasteiger partial charge >= 0.3 is 6.09 Å². The van der Waals surface area contributed by atoms with Crippen LogP contribution in [0.15, 0.2) is 78.9 Å². The monoisotopic (exact) mass is 341 g/mol. The van der Waals surface area contributed by atoms with E-state index in [4.69, 9.17) is 11.2 Å². The molecule has 0 unspecified atom stereocenters. The predicted octanol–water partition coefficient (Wildman–Crippen LogP) is 5.11. The van der Waals surface area contributed by atoms with E-state index in [9.17, 15) is 4.79 Å². The van der Waals surface area contributed by atoms with Gasteiger partial charge in [-0.05, 0) is 41.0 Å². The molecule has 0 aliphatic carbocycles. The Morgan fingerprint density at radius 3 is 2.38 bits per heavy atom. The number of amides is 1. The van der Waals surface area contributed by atoms with Crippen LogP contribution in [0.5, 0.6) is 0 Å². The summed E-state index contributed by atoms with van der Waals surface area (Å²) in [5.74, 6) is 2.61. The van der Waals surface area contributed by atoms with Crippen molar-refractivity contribution in [1.29, 1.82) is 0 Å². The van der Waals surface area contributed by atoms with Crippen LogP contribution in [-0.2, 0) is 11.3 Å². The number of carbonyl (C=O) groups excluding carboxylic acids is 1. The molecule has 3 aromatic rings. The van der Waals surface area contributed by atoms with Crippen LogP contribution < -0.4 is 4.90 Å². The van der Waals surface area contributed by atoms with Gasteiger partial charge in [0.05, 0.1) is 0 Å². The summed E-state index contributed by atoms with van der Waals surface area (Å²) in [7, 11) is 1.70. The summed E-state index contributed by atoms with van der Waals surface area (Å²) in [6, 6.07) is 25.1. The molecule has 0 heterocycles. The van der Waals surface area contributed by atoms with E-state index < -0.39 is 6.09 Å². The number of ether oxygens (including phenoxy) is 1. The normalized spacial score (nSPS) is 10.0. The second kappa shape index (κ2) is 8.04. The van der Waals surface area contributed by atoms with Crippen LogP contribution in [0.1, 0.15) is 11.1 Å². The molecule has 26 heavy (non-hydrogen) atoms. The highest BCUT2D eigenvalue weighted by Crippen LogP contribution is 2.25. The molecule has 3 nitrogen and oxygen atoms in total. The van der Waals surface area contributed by atoms with Crippen molar-refractivity contribution in [2.75, 3.05) is 11.9 Å². The zero-order chi connectivity index (χ0) is 18.4. The molecule has 1 amide bonds. The maximum atomic E-state index is 12.3. The Morgan fingerprint density at radius 1 is 0.962 bits per heavy atom. The Hall–Kier alpha value is -3.51. The minimum atomic E-state index is -0.395. The number of anilines is 1. The molecule has 0 fully saturated rings. The zero-order valence-electron chi connectivity index (χ0n) is 14.6. The molecule has 0 saturated heterocycles. The van der Waals surface area contributed by atoms with Crippen LogP contribution in [0, 0.1) is 12.3 Å². The summed E-state index contributed by atoms with van der Waals surface area (Å²) in [6.07, 6.45) is 5.00. The van der Waals surface area contributed by atoms with Gasteiger partial charge in [0.25, 0.3) is 0 Å². The molecule has 0 N–H and O–H groups in total. The fourth-order valence-corrected chi connectivity index (χ4v) is 2.57. The van der Waals surface area contributed by atoms with Gasteiger partial charge in [-0.25, -0.2) is 4.79 Å². The van der Waals surface area contributed by atoms with Gasteiger partial charge in [0.15, 0.2) is 0 Å².